The number of nitrogens with zero attached hydrogens (tertiary/aromatic N) is 2. The van der Waals surface area contributed by atoms with E-state index in [9.17, 15) is 22.8 Å². The van der Waals surface area contributed by atoms with Gasteiger partial charge in [0, 0.05) is 47.6 Å². The molecule has 0 radical (unpaired) electrons. The van der Waals surface area contributed by atoms with Gasteiger partial charge in [0.25, 0.3) is 0 Å². The Morgan fingerprint density at radius 3 is 2.24 bits per heavy atom. The Hall–Kier alpha value is -4.10. The number of carbonyl (C=O) groups excluding carboxylic acids is 3. The van der Waals surface area contributed by atoms with Gasteiger partial charge in [-0.05, 0) is 104 Å². The fourth-order valence-electron chi connectivity index (χ4n) is 4.95. The number of sulfonamides is 1. The lowest BCUT2D eigenvalue weighted by Gasteiger charge is -2.22. The zero-order valence-electron chi connectivity index (χ0n) is 27.1. The molecule has 45 heavy (non-hydrogen) atoms. The second-order valence-electron chi connectivity index (χ2n) is 13.3. The highest BCUT2D eigenvalue weighted by Crippen LogP contribution is 2.28. The fraction of sp³-hybridized carbons (Fsp3) is 0.469. The number of carbonyl (C=O) groups is 3. The number of fused-ring (bicyclic) bond motifs is 1. The second kappa shape index (κ2) is 12.7. The van der Waals surface area contributed by atoms with Crippen LogP contribution in [0.1, 0.15) is 66.5 Å². The summed E-state index contributed by atoms with van der Waals surface area (Å²) in [5.74, 6) is -0.290. The number of aryl methyl sites for hydroxylation is 1. The molecular weight excluding hydrogens is 598 g/mol. The number of amides is 3. The van der Waals surface area contributed by atoms with Crippen LogP contribution in [0, 0.1) is 6.92 Å². The molecule has 244 valence electrons. The average Bonchev–Trinajstić information content (AvgIpc) is 3.55. The topological polar surface area (TPSA) is 148 Å². The van der Waals surface area contributed by atoms with E-state index >= 15 is 0 Å². The quantitative estimate of drug-likeness (QED) is 0.296. The molecule has 3 N–H and O–H groups in total. The Bertz CT molecular complexity index is 1700. The number of anilines is 2. The van der Waals surface area contributed by atoms with Crippen molar-refractivity contribution >= 4 is 50.4 Å². The van der Waals surface area contributed by atoms with Crippen LogP contribution in [0.5, 0.6) is 0 Å². The Kier molecular flexibility index (Phi) is 9.55. The van der Waals surface area contributed by atoms with Crippen LogP contribution in [0.3, 0.4) is 0 Å². The van der Waals surface area contributed by atoms with E-state index in [0.29, 0.717) is 28.7 Å². The molecule has 0 aliphatic carbocycles. The Morgan fingerprint density at radius 2 is 1.58 bits per heavy atom. The van der Waals surface area contributed by atoms with Crippen LogP contribution >= 0.6 is 0 Å². The molecule has 3 amide bonds. The van der Waals surface area contributed by atoms with Crippen LogP contribution in [0.4, 0.5) is 21.0 Å². The molecule has 1 aliphatic rings. The first kappa shape index (κ1) is 33.8. The first-order chi connectivity index (χ1) is 20.8. The summed E-state index contributed by atoms with van der Waals surface area (Å²) in [6.45, 7) is 14.6. The summed E-state index contributed by atoms with van der Waals surface area (Å²) >= 11 is 0. The number of ether oxygens (including phenoxy) is 2. The number of alkyl carbamates (subject to hydrolysis) is 1. The van der Waals surface area contributed by atoms with Gasteiger partial charge in [0.2, 0.25) is 15.9 Å². The van der Waals surface area contributed by atoms with Crippen molar-refractivity contribution in [2.75, 3.05) is 23.7 Å². The highest BCUT2D eigenvalue weighted by atomic mass is 32.2. The number of rotatable bonds is 7. The maximum atomic E-state index is 13.5. The number of aromatic nitrogens is 1. The molecule has 2 atom stereocenters. The monoisotopic (exact) mass is 641 g/mol. The van der Waals surface area contributed by atoms with Crippen LogP contribution in [-0.2, 0) is 24.3 Å². The predicted octanol–water partition coefficient (Wildman–Crippen LogP) is 5.78. The van der Waals surface area contributed by atoms with Crippen molar-refractivity contribution in [3.63, 3.8) is 0 Å². The highest BCUT2D eigenvalue weighted by Gasteiger charge is 2.34. The lowest BCUT2D eigenvalue weighted by Crippen LogP contribution is -2.41. The van der Waals surface area contributed by atoms with E-state index in [1.165, 1.54) is 10.4 Å². The molecule has 3 aromatic rings. The van der Waals surface area contributed by atoms with Crippen molar-refractivity contribution in [3.05, 3.63) is 54.2 Å². The number of hydrogen-bond donors (Lipinski definition) is 3. The fourth-order valence-corrected chi connectivity index (χ4v) is 6.48. The summed E-state index contributed by atoms with van der Waals surface area (Å²) in [4.78, 5) is 37.8. The third kappa shape index (κ3) is 8.54. The van der Waals surface area contributed by atoms with Crippen molar-refractivity contribution in [1.29, 1.82) is 0 Å². The van der Waals surface area contributed by atoms with Gasteiger partial charge in [0.05, 0.1) is 4.90 Å². The van der Waals surface area contributed by atoms with Crippen molar-refractivity contribution in [3.8, 4) is 0 Å². The van der Waals surface area contributed by atoms with Crippen molar-refractivity contribution in [2.45, 2.75) is 90.0 Å². The van der Waals surface area contributed by atoms with Gasteiger partial charge in [0.1, 0.15) is 17.2 Å². The number of hydrogen-bond acceptors (Lipinski definition) is 7. The van der Waals surface area contributed by atoms with Crippen molar-refractivity contribution in [2.24, 2.45) is 0 Å². The van der Waals surface area contributed by atoms with Gasteiger partial charge in [-0.15, -0.1) is 0 Å². The molecular formula is C32H43N5O7S. The molecule has 13 heteroatoms. The van der Waals surface area contributed by atoms with E-state index in [-0.39, 0.29) is 29.9 Å². The van der Waals surface area contributed by atoms with Gasteiger partial charge in [0.15, 0.2) is 0 Å². The molecule has 1 aliphatic heterocycles. The van der Waals surface area contributed by atoms with Gasteiger partial charge in [-0.1, -0.05) is 6.07 Å². The van der Waals surface area contributed by atoms with E-state index in [4.69, 9.17) is 9.47 Å². The molecule has 1 unspecified atom stereocenters. The number of benzene rings is 2. The minimum absolute atomic E-state index is 0.132. The first-order valence-corrected chi connectivity index (χ1v) is 16.3. The van der Waals surface area contributed by atoms with Crippen LogP contribution in [0.2, 0.25) is 0 Å². The summed E-state index contributed by atoms with van der Waals surface area (Å²) in [5.41, 5.74) is 1.22. The van der Waals surface area contributed by atoms with E-state index in [0.717, 1.165) is 5.56 Å². The van der Waals surface area contributed by atoms with Gasteiger partial charge in [-0.2, -0.15) is 4.31 Å². The SMILES string of the molecule is Cc1ccc(NC(=O)OC(C)(C)C)cc1NC(=O)C(C)n1ccc2cc(S(=O)(=O)N3CC[C@H](NC(=O)OC(C)(C)C)C3)ccc21. The summed E-state index contributed by atoms with van der Waals surface area (Å²) in [6.07, 6.45) is 1.05. The smallest absolute Gasteiger partial charge is 0.412 e. The normalized spacial score (nSPS) is 16.7. The summed E-state index contributed by atoms with van der Waals surface area (Å²) in [7, 11) is -3.82. The van der Waals surface area contributed by atoms with Crippen LogP contribution in [0.25, 0.3) is 10.9 Å². The van der Waals surface area contributed by atoms with Crippen molar-refractivity contribution in [1.82, 2.24) is 14.2 Å². The molecule has 2 aromatic carbocycles. The van der Waals surface area contributed by atoms with Crippen molar-refractivity contribution < 1.29 is 32.3 Å². The third-order valence-electron chi connectivity index (χ3n) is 7.14. The minimum atomic E-state index is -3.82. The van der Waals surface area contributed by atoms with Gasteiger partial charge < -0.3 is 24.7 Å². The maximum Gasteiger partial charge on any atom is 0.412 e. The highest BCUT2D eigenvalue weighted by molar-refractivity contribution is 7.89. The van der Waals surface area contributed by atoms with Gasteiger partial charge >= 0.3 is 12.2 Å². The molecule has 2 heterocycles. The Balaban J connectivity index is 1.44. The van der Waals surface area contributed by atoms with Crippen LogP contribution in [-0.4, -0.2) is 65.7 Å². The lowest BCUT2D eigenvalue weighted by molar-refractivity contribution is -0.118. The molecule has 0 spiro atoms. The summed E-state index contributed by atoms with van der Waals surface area (Å²) < 4.78 is 40.7. The third-order valence-corrected chi connectivity index (χ3v) is 9.00. The molecule has 12 nitrogen and oxygen atoms in total. The van der Waals surface area contributed by atoms with E-state index in [2.05, 4.69) is 16.0 Å². The largest absolute Gasteiger partial charge is 0.444 e. The van der Waals surface area contributed by atoms with Gasteiger partial charge in [-0.3, -0.25) is 10.1 Å². The molecule has 1 fully saturated rings. The average molecular weight is 642 g/mol. The number of nitrogens with one attached hydrogen (secondary N) is 3. The zero-order chi connectivity index (χ0) is 33.3. The first-order valence-electron chi connectivity index (χ1n) is 14.8. The van der Waals surface area contributed by atoms with E-state index in [1.54, 1.807) is 95.6 Å². The van der Waals surface area contributed by atoms with Crippen LogP contribution in [0.15, 0.2) is 53.6 Å². The Morgan fingerprint density at radius 1 is 0.911 bits per heavy atom. The van der Waals surface area contributed by atoms with Gasteiger partial charge in [-0.25, -0.2) is 18.0 Å². The molecule has 1 saturated heterocycles. The molecule has 1 aromatic heterocycles. The molecule has 0 saturated carbocycles. The molecule has 4 rings (SSSR count). The van der Waals surface area contributed by atoms with E-state index < -0.39 is 39.5 Å². The van der Waals surface area contributed by atoms with E-state index in [1.807, 2.05) is 6.92 Å². The zero-order valence-corrected chi connectivity index (χ0v) is 27.9. The Labute approximate surface area is 264 Å². The summed E-state index contributed by atoms with van der Waals surface area (Å²) in [6, 6.07) is 10.8. The predicted molar refractivity (Wildman–Crippen MR) is 173 cm³/mol. The van der Waals surface area contributed by atoms with Crippen LogP contribution < -0.4 is 16.0 Å². The summed E-state index contributed by atoms with van der Waals surface area (Å²) in [5, 5.41) is 9.03. The standard InChI is InChI=1S/C32H43N5O7S/c1-20-9-10-23(33-29(39)43-31(3,4)5)18-26(20)35-28(38)21(2)37-16-13-22-17-25(11-12-27(22)37)45(41,42)36-15-14-24(19-36)34-30(40)44-32(6,7)8/h9-13,16-18,21,24H,14-15,19H2,1-8H3,(H,33,39)(H,34,40)(H,35,38)/t21?,24-/m0/s1. The maximum absolute atomic E-state index is 13.5. The lowest BCUT2D eigenvalue weighted by atomic mass is 10.1. The molecule has 0 bridgehead atoms. The second-order valence-corrected chi connectivity index (χ2v) is 15.2. The minimum Gasteiger partial charge on any atom is -0.444 e.